The van der Waals surface area contributed by atoms with E-state index >= 15 is 0 Å². The Balaban J connectivity index is 2.65. The first-order valence-corrected chi connectivity index (χ1v) is 5.25. The molecule has 0 unspecified atom stereocenters. The van der Waals surface area contributed by atoms with Crippen molar-refractivity contribution >= 4 is 22.0 Å². The minimum absolute atomic E-state index is 0.671. The molecule has 6 heteroatoms. The van der Waals surface area contributed by atoms with Crippen molar-refractivity contribution in [3.05, 3.63) is 0 Å². The summed E-state index contributed by atoms with van der Waals surface area (Å²) in [5.74, 6) is 0. The van der Waals surface area contributed by atoms with Crippen LogP contribution >= 0.6 is 22.0 Å². The molecule has 0 amide bonds. The number of hydrogen-bond donors (Lipinski definition) is 4. The molecule has 4 nitrogen and oxygen atoms in total. The van der Waals surface area contributed by atoms with Gasteiger partial charge in [0.05, 0.1) is 0 Å². The first-order chi connectivity index (χ1) is 4.91. The quantitative estimate of drug-likeness (QED) is 0.237. The molecule has 0 bridgehead atoms. The lowest BCUT2D eigenvalue weighted by molar-refractivity contribution is 0.916. The van der Waals surface area contributed by atoms with Crippen LogP contribution in [0.25, 0.3) is 0 Å². The van der Waals surface area contributed by atoms with Gasteiger partial charge in [-0.25, -0.2) is 0 Å². The fourth-order valence-electron chi connectivity index (χ4n) is 0.260. The fraction of sp³-hybridized carbons (Fsp3) is 1.00. The first-order valence-electron chi connectivity index (χ1n) is 3.10. The van der Waals surface area contributed by atoms with Crippen molar-refractivity contribution in [2.75, 3.05) is 26.2 Å². The van der Waals surface area contributed by atoms with Gasteiger partial charge in [-0.1, -0.05) is 0 Å². The van der Waals surface area contributed by atoms with Crippen LogP contribution in [0.1, 0.15) is 0 Å². The van der Waals surface area contributed by atoms with E-state index in [1.54, 1.807) is 0 Å². The van der Waals surface area contributed by atoms with Gasteiger partial charge < -0.3 is 11.5 Å². The molecular formula is C4H14N4S2. The smallest absolute Gasteiger partial charge is 0.0190 e. The second kappa shape index (κ2) is 9.54. The van der Waals surface area contributed by atoms with E-state index in [2.05, 4.69) is 9.44 Å². The van der Waals surface area contributed by atoms with Crippen molar-refractivity contribution in [2.45, 2.75) is 0 Å². The predicted molar refractivity (Wildman–Crippen MR) is 49.3 cm³/mol. The summed E-state index contributed by atoms with van der Waals surface area (Å²) in [5.41, 5.74) is 10.5. The van der Waals surface area contributed by atoms with Gasteiger partial charge in [0, 0.05) is 48.1 Å². The summed E-state index contributed by atoms with van der Waals surface area (Å²) in [5, 5.41) is 0. The molecule has 0 rings (SSSR count). The highest BCUT2D eigenvalue weighted by molar-refractivity contribution is 8.75. The van der Waals surface area contributed by atoms with E-state index in [1.807, 2.05) is 0 Å². The monoisotopic (exact) mass is 182 g/mol. The fourth-order valence-corrected chi connectivity index (χ4v) is 1.63. The van der Waals surface area contributed by atoms with E-state index in [0.29, 0.717) is 13.1 Å². The summed E-state index contributed by atoms with van der Waals surface area (Å²) in [6.45, 7) is 3.01. The molecular weight excluding hydrogens is 168 g/mol. The molecule has 0 atom stereocenters. The lowest BCUT2D eigenvalue weighted by atomic mass is 10.7. The second-order valence-electron chi connectivity index (χ2n) is 1.53. The SMILES string of the molecule is NCCNSSNCCN. The highest BCUT2D eigenvalue weighted by atomic mass is 33.1. The van der Waals surface area contributed by atoms with E-state index in [0.717, 1.165) is 13.1 Å². The largest absolute Gasteiger partial charge is 0.329 e. The number of hydrogen-bond acceptors (Lipinski definition) is 6. The standard InChI is InChI=1S/C4H14N4S2/c5-1-3-7-9-10-8-4-2-6/h7-8H,1-6H2. The predicted octanol–water partition coefficient (Wildman–Crippen LogP) is -0.706. The Bertz CT molecular complexity index is 55.2. The van der Waals surface area contributed by atoms with E-state index in [1.165, 1.54) is 22.0 Å². The Kier molecular flexibility index (Phi) is 10.1. The van der Waals surface area contributed by atoms with Crippen molar-refractivity contribution in [3.63, 3.8) is 0 Å². The minimum Gasteiger partial charge on any atom is -0.329 e. The summed E-state index contributed by atoms with van der Waals surface area (Å²) in [7, 11) is 3.08. The van der Waals surface area contributed by atoms with Gasteiger partial charge in [-0.3, -0.25) is 9.44 Å². The topological polar surface area (TPSA) is 76.1 Å². The molecule has 0 saturated heterocycles. The molecule has 0 aliphatic rings. The van der Waals surface area contributed by atoms with Gasteiger partial charge in [-0.05, 0) is 0 Å². The van der Waals surface area contributed by atoms with E-state index in [-0.39, 0.29) is 0 Å². The van der Waals surface area contributed by atoms with Crippen LogP contribution < -0.4 is 20.9 Å². The highest BCUT2D eigenvalue weighted by Gasteiger charge is 1.85. The summed E-state index contributed by atoms with van der Waals surface area (Å²) >= 11 is 0. The Hall–Kier alpha value is 0.540. The Labute approximate surface area is 69.5 Å². The Morgan fingerprint density at radius 1 is 0.900 bits per heavy atom. The lowest BCUT2D eigenvalue weighted by Gasteiger charge is -2.00. The van der Waals surface area contributed by atoms with Crippen LogP contribution in [-0.4, -0.2) is 26.2 Å². The highest BCUT2D eigenvalue weighted by Crippen LogP contribution is 2.10. The molecule has 10 heavy (non-hydrogen) atoms. The zero-order valence-electron chi connectivity index (χ0n) is 5.80. The third kappa shape index (κ3) is 8.54. The Morgan fingerprint density at radius 3 is 1.60 bits per heavy atom. The maximum Gasteiger partial charge on any atom is 0.0190 e. The van der Waals surface area contributed by atoms with Crippen molar-refractivity contribution in [1.82, 2.24) is 9.44 Å². The van der Waals surface area contributed by atoms with Crippen LogP contribution in [0.5, 0.6) is 0 Å². The van der Waals surface area contributed by atoms with E-state index < -0.39 is 0 Å². The summed E-state index contributed by atoms with van der Waals surface area (Å²) in [6, 6.07) is 0. The summed E-state index contributed by atoms with van der Waals surface area (Å²) < 4.78 is 6.09. The maximum absolute atomic E-state index is 5.24. The van der Waals surface area contributed by atoms with Gasteiger partial charge in [-0.2, -0.15) is 0 Å². The molecule has 0 aromatic rings. The molecule has 62 valence electrons. The molecule has 0 fully saturated rings. The summed E-state index contributed by atoms with van der Waals surface area (Å²) in [6.07, 6.45) is 0. The van der Waals surface area contributed by atoms with Crippen LogP contribution in [0.4, 0.5) is 0 Å². The lowest BCUT2D eigenvalue weighted by Crippen LogP contribution is -2.18. The molecule has 0 spiro atoms. The van der Waals surface area contributed by atoms with Crippen molar-refractivity contribution in [1.29, 1.82) is 0 Å². The van der Waals surface area contributed by atoms with Crippen molar-refractivity contribution in [3.8, 4) is 0 Å². The van der Waals surface area contributed by atoms with Gasteiger partial charge >= 0.3 is 0 Å². The Morgan fingerprint density at radius 2 is 1.30 bits per heavy atom. The average molecular weight is 182 g/mol. The first kappa shape index (κ1) is 10.5. The van der Waals surface area contributed by atoms with Gasteiger partial charge in [-0.15, -0.1) is 0 Å². The normalized spacial score (nSPS) is 10.2. The maximum atomic E-state index is 5.24. The minimum atomic E-state index is 0.671. The molecule has 0 radical (unpaired) electrons. The van der Waals surface area contributed by atoms with Crippen LogP contribution in [0.3, 0.4) is 0 Å². The number of nitrogens with two attached hydrogens (primary N) is 2. The van der Waals surface area contributed by atoms with Gasteiger partial charge in [0.25, 0.3) is 0 Å². The van der Waals surface area contributed by atoms with Crippen LogP contribution in [0, 0.1) is 0 Å². The van der Waals surface area contributed by atoms with E-state index in [4.69, 9.17) is 11.5 Å². The second-order valence-corrected chi connectivity index (χ2v) is 3.44. The van der Waals surface area contributed by atoms with Gasteiger partial charge in [0.1, 0.15) is 0 Å². The van der Waals surface area contributed by atoms with E-state index in [9.17, 15) is 0 Å². The molecule has 0 aromatic heterocycles. The van der Waals surface area contributed by atoms with Crippen LogP contribution in [-0.2, 0) is 0 Å². The molecule has 0 aliphatic carbocycles. The number of rotatable bonds is 7. The zero-order chi connectivity index (χ0) is 7.66. The molecule has 0 aliphatic heterocycles. The van der Waals surface area contributed by atoms with Crippen molar-refractivity contribution < 1.29 is 0 Å². The van der Waals surface area contributed by atoms with Gasteiger partial charge in [0.2, 0.25) is 0 Å². The number of nitrogens with one attached hydrogen (secondary N) is 2. The van der Waals surface area contributed by atoms with Crippen LogP contribution in [0.15, 0.2) is 0 Å². The third-order valence-electron chi connectivity index (χ3n) is 0.652. The average Bonchev–Trinajstić information content (AvgIpc) is 1.97. The molecule has 0 saturated carbocycles. The third-order valence-corrected chi connectivity index (χ3v) is 2.34. The summed E-state index contributed by atoms with van der Waals surface area (Å²) in [4.78, 5) is 0. The van der Waals surface area contributed by atoms with Gasteiger partial charge in [0.15, 0.2) is 0 Å². The molecule has 0 heterocycles. The van der Waals surface area contributed by atoms with Crippen molar-refractivity contribution in [2.24, 2.45) is 11.5 Å². The molecule has 6 N–H and O–H groups in total. The van der Waals surface area contributed by atoms with Crippen LogP contribution in [0.2, 0.25) is 0 Å². The molecule has 0 aromatic carbocycles. The zero-order valence-corrected chi connectivity index (χ0v) is 7.43.